The third-order valence-corrected chi connectivity index (χ3v) is 2.46. The molecule has 1 N–H and O–H groups in total. The van der Waals surface area contributed by atoms with Gasteiger partial charge in [-0.3, -0.25) is 10.1 Å². The van der Waals surface area contributed by atoms with Gasteiger partial charge in [0.1, 0.15) is 11.4 Å². The molecule has 1 aliphatic rings. The highest BCUT2D eigenvalue weighted by Crippen LogP contribution is 2.23. The van der Waals surface area contributed by atoms with Gasteiger partial charge in [-0.1, -0.05) is 5.92 Å². The number of terminal acetylenes is 1. The third-order valence-electron chi connectivity index (χ3n) is 1.39. The number of hydrogen-bond acceptors (Lipinski definition) is 4. The lowest BCUT2D eigenvalue weighted by Crippen LogP contribution is -2.11. The summed E-state index contributed by atoms with van der Waals surface area (Å²) in [6.07, 6.45) is 5.09. The molecule has 64 valence electrons. The molecule has 0 spiro atoms. The predicted molar refractivity (Wildman–Crippen MR) is 47.9 cm³/mol. The highest BCUT2D eigenvalue weighted by molar-refractivity contribution is 8.03. The minimum atomic E-state index is -0.416. The lowest BCUT2D eigenvalue weighted by molar-refractivity contribution is -0.427. The minimum absolute atomic E-state index is 0.0856. The second-order valence-electron chi connectivity index (χ2n) is 2.19. The largest absolute Gasteiger partial charge is 0.374 e. The normalized spacial score (nSPS) is 19.6. The average Bonchev–Trinajstić information content (AvgIpc) is 2.51. The maximum atomic E-state index is 10.5. The van der Waals surface area contributed by atoms with Crippen LogP contribution in [0.15, 0.2) is 10.7 Å². The van der Waals surface area contributed by atoms with E-state index in [1.165, 1.54) is 11.8 Å². The standard InChI is InChI=1S/C7H8N2O2S/c1-2-3-6(9(10)11)7-8-4-5-12-7/h1,8H,3-5H2/b7-6+. The average molecular weight is 184 g/mol. The molecule has 1 rings (SSSR count). The summed E-state index contributed by atoms with van der Waals surface area (Å²) in [6, 6.07) is 0. The van der Waals surface area contributed by atoms with E-state index in [1.807, 2.05) is 0 Å². The van der Waals surface area contributed by atoms with Crippen LogP contribution in [0.5, 0.6) is 0 Å². The molecule has 1 saturated heterocycles. The number of thioether (sulfide) groups is 1. The van der Waals surface area contributed by atoms with E-state index in [0.29, 0.717) is 5.03 Å². The molecule has 0 bridgehead atoms. The molecule has 0 radical (unpaired) electrons. The van der Waals surface area contributed by atoms with Gasteiger partial charge in [0.15, 0.2) is 0 Å². The molecule has 12 heavy (non-hydrogen) atoms. The van der Waals surface area contributed by atoms with Crippen LogP contribution in [0.2, 0.25) is 0 Å². The van der Waals surface area contributed by atoms with Crippen LogP contribution in [0.25, 0.3) is 0 Å². The van der Waals surface area contributed by atoms with Crippen molar-refractivity contribution < 1.29 is 4.92 Å². The van der Waals surface area contributed by atoms with Crippen molar-refractivity contribution in [2.75, 3.05) is 12.3 Å². The Bertz CT molecular complexity index is 259. The molecule has 0 aromatic rings. The van der Waals surface area contributed by atoms with Crippen LogP contribution in [0, 0.1) is 22.5 Å². The molecule has 4 nitrogen and oxygen atoms in total. The summed E-state index contributed by atoms with van der Waals surface area (Å²) in [5.41, 5.74) is 0.111. The van der Waals surface area contributed by atoms with Crippen molar-refractivity contribution in [3.05, 3.63) is 20.8 Å². The summed E-state index contributed by atoms with van der Waals surface area (Å²) in [7, 11) is 0. The Labute approximate surface area is 74.6 Å². The Morgan fingerprint density at radius 1 is 1.92 bits per heavy atom. The van der Waals surface area contributed by atoms with E-state index in [-0.39, 0.29) is 12.1 Å². The summed E-state index contributed by atoms with van der Waals surface area (Å²) < 4.78 is 0. The first-order valence-electron chi connectivity index (χ1n) is 3.43. The van der Waals surface area contributed by atoms with Crippen molar-refractivity contribution in [2.24, 2.45) is 0 Å². The van der Waals surface area contributed by atoms with Gasteiger partial charge >= 0.3 is 0 Å². The molecule has 0 unspecified atom stereocenters. The zero-order valence-electron chi connectivity index (χ0n) is 6.37. The number of nitrogens with one attached hydrogen (secondary N) is 1. The van der Waals surface area contributed by atoms with Gasteiger partial charge in [-0.25, -0.2) is 0 Å². The summed E-state index contributed by atoms with van der Waals surface area (Å²) in [6.45, 7) is 0.780. The fourth-order valence-electron chi connectivity index (χ4n) is 0.878. The monoisotopic (exact) mass is 184 g/mol. The van der Waals surface area contributed by atoms with E-state index in [0.717, 1.165) is 12.3 Å². The SMILES string of the molecule is C#CC/C(=C1/NCCS1)[N+](=O)[O-]. The Hall–Kier alpha value is -1.15. The summed E-state index contributed by atoms with van der Waals surface area (Å²) in [5, 5.41) is 14.0. The number of rotatable bonds is 2. The highest BCUT2D eigenvalue weighted by Gasteiger charge is 2.20. The Kier molecular flexibility index (Phi) is 3.00. The highest BCUT2D eigenvalue weighted by atomic mass is 32.2. The van der Waals surface area contributed by atoms with Crippen LogP contribution in [-0.2, 0) is 0 Å². The van der Waals surface area contributed by atoms with Crippen LogP contribution < -0.4 is 5.32 Å². The maximum Gasteiger partial charge on any atom is 0.287 e. The van der Waals surface area contributed by atoms with Crippen LogP contribution in [0.3, 0.4) is 0 Å². The molecule has 0 aliphatic carbocycles. The van der Waals surface area contributed by atoms with Gasteiger partial charge in [-0.2, -0.15) is 0 Å². The van der Waals surface area contributed by atoms with Gasteiger partial charge in [0.05, 0.1) is 4.92 Å². The van der Waals surface area contributed by atoms with Crippen molar-refractivity contribution in [2.45, 2.75) is 6.42 Å². The summed E-state index contributed by atoms with van der Waals surface area (Å²) in [4.78, 5) is 10.1. The van der Waals surface area contributed by atoms with E-state index in [9.17, 15) is 10.1 Å². The Morgan fingerprint density at radius 3 is 3.08 bits per heavy atom. The lowest BCUT2D eigenvalue weighted by atomic mass is 10.3. The minimum Gasteiger partial charge on any atom is -0.374 e. The van der Waals surface area contributed by atoms with Gasteiger partial charge in [0.25, 0.3) is 5.70 Å². The molecule has 0 saturated carbocycles. The zero-order chi connectivity index (χ0) is 8.97. The van der Waals surface area contributed by atoms with Crippen LogP contribution in [-0.4, -0.2) is 17.2 Å². The van der Waals surface area contributed by atoms with E-state index in [4.69, 9.17) is 6.42 Å². The Morgan fingerprint density at radius 2 is 2.67 bits per heavy atom. The zero-order valence-corrected chi connectivity index (χ0v) is 7.19. The van der Waals surface area contributed by atoms with Crippen molar-refractivity contribution >= 4 is 11.8 Å². The maximum absolute atomic E-state index is 10.5. The molecular weight excluding hydrogens is 176 g/mol. The van der Waals surface area contributed by atoms with Crippen molar-refractivity contribution in [3.8, 4) is 12.3 Å². The number of hydrogen-bond donors (Lipinski definition) is 1. The molecule has 0 atom stereocenters. The smallest absolute Gasteiger partial charge is 0.287 e. The molecule has 1 aliphatic heterocycles. The molecule has 1 fully saturated rings. The van der Waals surface area contributed by atoms with Crippen molar-refractivity contribution in [1.82, 2.24) is 5.32 Å². The van der Waals surface area contributed by atoms with Gasteiger partial charge < -0.3 is 5.32 Å². The van der Waals surface area contributed by atoms with E-state index in [2.05, 4.69) is 11.2 Å². The molecule has 5 heteroatoms. The van der Waals surface area contributed by atoms with Crippen LogP contribution in [0.4, 0.5) is 0 Å². The summed E-state index contributed by atoms with van der Waals surface area (Å²) in [5.74, 6) is 3.15. The second kappa shape index (κ2) is 4.02. The Balaban J connectivity index is 2.83. The molecule has 0 amide bonds. The van der Waals surface area contributed by atoms with Crippen LogP contribution in [0.1, 0.15) is 6.42 Å². The number of nitrogens with zero attached hydrogens (tertiary/aromatic N) is 1. The quantitative estimate of drug-likeness (QED) is 0.391. The van der Waals surface area contributed by atoms with Gasteiger partial charge in [-0.15, -0.1) is 18.2 Å². The first-order valence-corrected chi connectivity index (χ1v) is 4.42. The third kappa shape index (κ3) is 1.92. The fraction of sp³-hybridized carbons (Fsp3) is 0.429. The van der Waals surface area contributed by atoms with Gasteiger partial charge in [0, 0.05) is 12.3 Å². The van der Waals surface area contributed by atoms with Crippen molar-refractivity contribution in [1.29, 1.82) is 0 Å². The predicted octanol–water partition coefficient (Wildman–Crippen LogP) is 0.792. The second-order valence-corrected chi connectivity index (χ2v) is 3.29. The van der Waals surface area contributed by atoms with E-state index in [1.54, 1.807) is 0 Å². The lowest BCUT2D eigenvalue weighted by Gasteiger charge is -1.98. The van der Waals surface area contributed by atoms with Gasteiger partial charge in [0.2, 0.25) is 0 Å². The summed E-state index contributed by atoms with van der Waals surface area (Å²) >= 11 is 1.45. The van der Waals surface area contributed by atoms with E-state index < -0.39 is 4.92 Å². The fourth-order valence-corrected chi connectivity index (χ4v) is 1.80. The molecular formula is C7H8N2O2S. The van der Waals surface area contributed by atoms with Gasteiger partial charge in [-0.05, 0) is 0 Å². The van der Waals surface area contributed by atoms with E-state index >= 15 is 0 Å². The molecule has 1 heterocycles. The first kappa shape index (κ1) is 8.94. The topological polar surface area (TPSA) is 55.2 Å². The van der Waals surface area contributed by atoms with Crippen molar-refractivity contribution in [3.63, 3.8) is 0 Å². The first-order chi connectivity index (χ1) is 5.75. The number of allylic oxidation sites excluding steroid dienone is 1. The van der Waals surface area contributed by atoms with Crippen LogP contribution >= 0.6 is 11.8 Å². The molecule has 0 aromatic heterocycles. The number of nitro groups is 1. The molecule has 0 aromatic carbocycles.